The van der Waals surface area contributed by atoms with E-state index < -0.39 is 5.97 Å². The van der Waals surface area contributed by atoms with Crippen molar-refractivity contribution in [2.45, 2.75) is 111 Å². The first-order chi connectivity index (χ1) is 16.2. The first-order valence-corrected chi connectivity index (χ1v) is 14.1. The van der Waals surface area contributed by atoms with Crippen molar-refractivity contribution in [3.63, 3.8) is 0 Å². The van der Waals surface area contributed by atoms with Crippen LogP contribution in [0.1, 0.15) is 105 Å². The molecule has 0 saturated heterocycles. The van der Waals surface area contributed by atoms with E-state index in [1.165, 1.54) is 56.9 Å². The van der Waals surface area contributed by atoms with Crippen LogP contribution in [0.2, 0.25) is 0 Å². The van der Waals surface area contributed by atoms with Gasteiger partial charge in [0.05, 0.1) is 0 Å². The molecule has 0 spiro atoms. The second kappa shape index (κ2) is 10.2. The molecule has 0 aliphatic heterocycles. The molecule has 5 nitrogen and oxygen atoms in total. The number of rotatable bonds is 8. The molecular weight excluding hydrogens is 422 g/mol. The Kier molecular flexibility index (Phi) is 7.72. The van der Waals surface area contributed by atoms with E-state index in [0.717, 1.165) is 54.8 Å². The smallest absolute Gasteiger partial charge is 0.311 e. The van der Waals surface area contributed by atoms with Gasteiger partial charge in [0.2, 0.25) is 0 Å². The van der Waals surface area contributed by atoms with E-state index in [2.05, 4.69) is 50.7 Å². The summed E-state index contributed by atoms with van der Waals surface area (Å²) in [6, 6.07) is 0. The molecule has 190 valence electrons. The quantitative estimate of drug-likeness (QED) is 0.118. The number of hydrogen-bond acceptors (Lipinski definition) is 3. The molecule has 4 rings (SSSR count). The predicted molar refractivity (Wildman–Crippen MR) is 137 cm³/mol. The second-order valence-corrected chi connectivity index (χ2v) is 13.0. The fraction of sp³-hybridized carbons (Fsp3) is 0.897. The van der Waals surface area contributed by atoms with Crippen molar-refractivity contribution >= 4 is 5.97 Å². The highest BCUT2D eigenvalue weighted by Crippen LogP contribution is 2.67. The van der Waals surface area contributed by atoms with Gasteiger partial charge in [0.15, 0.2) is 0 Å². The maximum absolute atomic E-state index is 12.0. The molecule has 0 heterocycles. The van der Waals surface area contributed by atoms with E-state index in [1.807, 2.05) is 0 Å². The molecule has 34 heavy (non-hydrogen) atoms. The fourth-order valence-corrected chi connectivity index (χ4v) is 9.07. The molecule has 8 atom stereocenters. The minimum Gasteiger partial charge on any atom is -0.462 e. The standard InChI is InChI=1S/C29H47N3O2/c1-19(2)7-6-8-20(3)24-11-12-25-23-10-9-21-17-22(34-27(33)18-31-32-30)13-15-28(21,4)26(23)14-16-29(24,25)5/h9,19-20,22-26H,6-8,10-18H2,1-5H3/t20-,22+,23+,24-,25+,26+,28+,29-/m1/s1. The molecule has 3 saturated carbocycles. The number of esters is 1. The Morgan fingerprint density at radius 2 is 1.94 bits per heavy atom. The zero-order chi connectivity index (χ0) is 24.5. The molecular formula is C29H47N3O2. The number of hydrogen-bond donors (Lipinski definition) is 0. The minimum absolute atomic E-state index is 0.0614. The van der Waals surface area contributed by atoms with Crippen LogP contribution in [-0.2, 0) is 9.53 Å². The molecule has 0 amide bonds. The summed E-state index contributed by atoms with van der Waals surface area (Å²) >= 11 is 0. The zero-order valence-corrected chi connectivity index (χ0v) is 22.3. The summed E-state index contributed by atoms with van der Waals surface area (Å²) in [5.41, 5.74) is 10.8. The van der Waals surface area contributed by atoms with Crippen LogP contribution in [-0.4, -0.2) is 18.6 Å². The van der Waals surface area contributed by atoms with Crippen LogP contribution in [0.5, 0.6) is 0 Å². The number of carbonyl (C=O) groups excluding carboxylic acids is 1. The summed E-state index contributed by atoms with van der Waals surface area (Å²) in [7, 11) is 0. The molecule has 3 fully saturated rings. The summed E-state index contributed by atoms with van der Waals surface area (Å²) in [6.45, 7) is 12.2. The van der Waals surface area contributed by atoms with Crippen molar-refractivity contribution in [2.24, 2.45) is 51.5 Å². The Labute approximate surface area is 207 Å². The molecule has 0 radical (unpaired) electrons. The van der Waals surface area contributed by atoms with Gasteiger partial charge in [-0.25, -0.2) is 0 Å². The van der Waals surface area contributed by atoms with Gasteiger partial charge in [0.1, 0.15) is 12.6 Å². The lowest BCUT2D eigenvalue weighted by Gasteiger charge is -2.58. The van der Waals surface area contributed by atoms with E-state index >= 15 is 0 Å². The Bertz CT molecular complexity index is 831. The van der Waals surface area contributed by atoms with Gasteiger partial charge in [-0.1, -0.05) is 70.6 Å². The lowest BCUT2D eigenvalue weighted by atomic mass is 9.47. The topological polar surface area (TPSA) is 75.1 Å². The predicted octanol–water partition coefficient (Wildman–Crippen LogP) is 8.25. The number of fused-ring (bicyclic) bond motifs is 5. The minimum atomic E-state index is -0.395. The number of ether oxygens (including phenoxy) is 1. The van der Waals surface area contributed by atoms with Crippen LogP contribution >= 0.6 is 0 Å². The molecule has 4 aliphatic rings. The van der Waals surface area contributed by atoms with Gasteiger partial charge in [-0.2, -0.15) is 0 Å². The van der Waals surface area contributed by atoms with Crippen LogP contribution in [0.4, 0.5) is 0 Å². The largest absolute Gasteiger partial charge is 0.462 e. The van der Waals surface area contributed by atoms with E-state index in [1.54, 1.807) is 0 Å². The Balaban J connectivity index is 1.43. The maximum atomic E-state index is 12.0. The van der Waals surface area contributed by atoms with Gasteiger partial charge in [0, 0.05) is 11.3 Å². The zero-order valence-electron chi connectivity index (χ0n) is 22.3. The Hall–Kier alpha value is -1.48. The first-order valence-electron chi connectivity index (χ1n) is 14.1. The molecule has 0 aromatic rings. The molecule has 4 aliphatic carbocycles. The lowest BCUT2D eigenvalue weighted by Crippen LogP contribution is -2.51. The normalized spacial score (nSPS) is 39.8. The van der Waals surface area contributed by atoms with Gasteiger partial charge in [0.25, 0.3) is 0 Å². The van der Waals surface area contributed by atoms with Gasteiger partial charge in [-0.15, -0.1) is 0 Å². The summed E-state index contributed by atoms with van der Waals surface area (Å²) < 4.78 is 5.65. The van der Waals surface area contributed by atoms with E-state index in [-0.39, 0.29) is 18.1 Å². The average molecular weight is 470 g/mol. The van der Waals surface area contributed by atoms with Crippen LogP contribution < -0.4 is 0 Å². The van der Waals surface area contributed by atoms with Crippen molar-refractivity contribution in [3.8, 4) is 0 Å². The molecule has 0 N–H and O–H groups in total. The number of nitrogens with zero attached hydrogens (tertiary/aromatic N) is 3. The molecule has 0 bridgehead atoms. The average Bonchev–Trinajstić information content (AvgIpc) is 3.15. The third kappa shape index (κ3) is 4.79. The third-order valence-electron chi connectivity index (χ3n) is 10.8. The molecule has 0 unspecified atom stereocenters. The van der Waals surface area contributed by atoms with Gasteiger partial charge in [-0.3, -0.25) is 4.79 Å². The van der Waals surface area contributed by atoms with E-state index in [9.17, 15) is 4.79 Å². The van der Waals surface area contributed by atoms with Crippen molar-refractivity contribution in [3.05, 3.63) is 22.1 Å². The third-order valence-corrected chi connectivity index (χ3v) is 10.8. The highest BCUT2D eigenvalue weighted by molar-refractivity contribution is 5.72. The van der Waals surface area contributed by atoms with Crippen LogP contribution in [0.25, 0.3) is 10.4 Å². The monoisotopic (exact) mass is 469 g/mol. The number of allylic oxidation sites excluding steroid dienone is 1. The molecule has 0 aromatic carbocycles. The van der Waals surface area contributed by atoms with Gasteiger partial charge in [-0.05, 0) is 96.8 Å². The molecule has 0 aromatic heterocycles. The van der Waals surface area contributed by atoms with Gasteiger partial charge >= 0.3 is 5.97 Å². The van der Waals surface area contributed by atoms with E-state index in [0.29, 0.717) is 5.41 Å². The van der Waals surface area contributed by atoms with Crippen molar-refractivity contribution in [1.82, 2.24) is 0 Å². The first kappa shape index (κ1) is 25.6. The summed E-state index contributed by atoms with van der Waals surface area (Å²) in [4.78, 5) is 14.6. The van der Waals surface area contributed by atoms with Crippen molar-refractivity contribution in [1.29, 1.82) is 0 Å². The number of carbonyl (C=O) groups is 1. The van der Waals surface area contributed by atoms with Gasteiger partial charge < -0.3 is 4.74 Å². The molecule has 5 heteroatoms. The Morgan fingerprint density at radius 3 is 2.68 bits per heavy atom. The summed E-state index contributed by atoms with van der Waals surface area (Å²) in [5, 5.41) is 3.36. The van der Waals surface area contributed by atoms with Crippen LogP contribution in [0.3, 0.4) is 0 Å². The number of azide groups is 1. The highest BCUT2D eigenvalue weighted by atomic mass is 16.5. The Morgan fingerprint density at radius 1 is 1.15 bits per heavy atom. The van der Waals surface area contributed by atoms with E-state index in [4.69, 9.17) is 10.3 Å². The van der Waals surface area contributed by atoms with Crippen LogP contribution in [0.15, 0.2) is 16.8 Å². The SMILES string of the molecule is CC(C)CCC[C@@H](C)[C@H]1CC[C@H]2[C@@H]3CC=C4C[C@@H](OC(=O)CN=[N+]=[N-])CC[C@]4(C)[C@H]3CC[C@]12C. The summed E-state index contributed by atoms with van der Waals surface area (Å²) in [6.07, 6.45) is 16.4. The van der Waals surface area contributed by atoms with Crippen LogP contribution in [0, 0.1) is 46.3 Å². The summed E-state index contributed by atoms with van der Waals surface area (Å²) in [5.74, 6) is 4.65. The fourth-order valence-electron chi connectivity index (χ4n) is 9.07. The highest BCUT2D eigenvalue weighted by Gasteiger charge is 2.59. The van der Waals surface area contributed by atoms with Crippen molar-refractivity contribution in [2.75, 3.05) is 6.54 Å². The maximum Gasteiger partial charge on any atom is 0.311 e. The second-order valence-electron chi connectivity index (χ2n) is 13.0. The lowest BCUT2D eigenvalue weighted by molar-refractivity contribution is -0.149. The van der Waals surface area contributed by atoms with Crippen molar-refractivity contribution < 1.29 is 9.53 Å².